The first-order valence-electron chi connectivity index (χ1n) is 7.12. The van der Waals surface area contributed by atoms with Gasteiger partial charge in [0.2, 0.25) is 7.37 Å². The van der Waals surface area contributed by atoms with Gasteiger partial charge in [0.15, 0.2) is 0 Å². The van der Waals surface area contributed by atoms with Gasteiger partial charge in [0.1, 0.15) is 11.8 Å². The fraction of sp³-hybridized carbons (Fsp3) is 1.00. The van der Waals surface area contributed by atoms with Crippen molar-refractivity contribution < 1.29 is 36.3 Å². The van der Waals surface area contributed by atoms with E-state index in [1.807, 2.05) is 0 Å². The number of hydrogen-bond acceptors (Lipinski definition) is 8. The molecule has 134 valence electrons. The second-order valence-corrected chi connectivity index (χ2v) is 11.9. The summed E-state index contributed by atoms with van der Waals surface area (Å²) in [5, 5.41) is 0. The first-order valence-corrected chi connectivity index (χ1v) is 12.6. The molecule has 0 amide bonds. The third-order valence-electron chi connectivity index (χ3n) is 2.41. The zero-order valence-corrected chi connectivity index (χ0v) is 16.5. The molecule has 0 aliphatic rings. The highest BCUT2D eigenvalue weighted by atomic mass is 31.3. The summed E-state index contributed by atoms with van der Waals surface area (Å²) in [6.45, 7) is 7.13. The molecule has 0 radical (unpaired) electrons. The Kier molecular flexibility index (Phi) is 10.6. The summed E-state index contributed by atoms with van der Waals surface area (Å²) in [6, 6.07) is 0. The molecule has 0 saturated carbocycles. The van der Waals surface area contributed by atoms with Gasteiger partial charge >= 0.3 is 15.2 Å². The van der Waals surface area contributed by atoms with Crippen LogP contribution < -0.4 is 0 Å². The molecule has 22 heavy (non-hydrogen) atoms. The summed E-state index contributed by atoms with van der Waals surface area (Å²) in [7, 11) is -9.59. The Morgan fingerprint density at radius 2 is 0.909 bits per heavy atom. The molecule has 0 aliphatic heterocycles. The Bertz CT molecular complexity index is 397. The maximum atomic E-state index is 12.8. The molecule has 0 rings (SSSR count). The van der Waals surface area contributed by atoms with Crippen molar-refractivity contribution in [1.82, 2.24) is 0 Å². The van der Waals surface area contributed by atoms with Crippen LogP contribution in [0.15, 0.2) is 0 Å². The van der Waals surface area contributed by atoms with Gasteiger partial charge in [0, 0.05) is 7.11 Å². The molecule has 11 heteroatoms. The van der Waals surface area contributed by atoms with Crippen molar-refractivity contribution in [1.29, 1.82) is 0 Å². The first-order chi connectivity index (χ1) is 10.2. The van der Waals surface area contributed by atoms with Crippen molar-refractivity contribution in [3.05, 3.63) is 0 Å². The van der Waals surface area contributed by atoms with Crippen LogP contribution >= 0.6 is 22.6 Å². The van der Waals surface area contributed by atoms with Crippen LogP contribution in [0.3, 0.4) is 0 Å². The zero-order chi connectivity index (χ0) is 17.3. The van der Waals surface area contributed by atoms with Gasteiger partial charge < -0.3 is 22.6 Å². The third kappa shape index (κ3) is 7.85. The van der Waals surface area contributed by atoms with Crippen LogP contribution in [-0.4, -0.2) is 45.3 Å². The largest absolute Gasteiger partial charge is 0.340 e. The molecule has 0 unspecified atom stereocenters. The highest BCUT2D eigenvalue weighted by molar-refractivity contribution is 7.80. The van der Waals surface area contributed by atoms with Gasteiger partial charge in [0.05, 0.1) is 26.4 Å². The van der Waals surface area contributed by atoms with Crippen molar-refractivity contribution in [2.24, 2.45) is 0 Å². The molecule has 0 aromatic carbocycles. The van der Waals surface area contributed by atoms with Gasteiger partial charge in [-0.1, -0.05) is 0 Å². The van der Waals surface area contributed by atoms with Gasteiger partial charge in [0.25, 0.3) is 0 Å². The molecular weight excluding hydrogens is 353 g/mol. The van der Waals surface area contributed by atoms with Crippen LogP contribution in [0.5, 0.6) is 0 Å². The van der Waals surface area contributed by atoms with Crippen LogP contribution in [0, 0.1) is 0 Å². The van der Waals surface area contributed by atoms with E-state index < -0.39 is 34.4 Å². The summed E-state index contributed by atoms with van der Waals surface area (Å²) in [6.07, 6.45) is 0. The Labute approximate surface area is 132 Å². The van der Waals surface area contributed by atoms with Crippen LogP contribution in [0.4, 0.5) is 0 Å². The molecule has 0 aliphatic carbocycles. The maximum absolute atomic E-state index is 12.8. The van der Waals surface area contributed by atoms with E-state index in [-0.39, 0.29) is 26.4 Å². The fourth-order valence-corrected chi connectivity index (χ4v) is 11.1. The van der Waals surface area contributed by atoms with E-state index in [4.69, 9.17) is 22.6 Å². The van der Waals surface area contributed by atoms with Crippen LogP contribution in [0.1, 0.15) is 27.7 Å². The SMILES string of the molecule is CCOP(=O)(CP(=O)(CP(=O)(OCC)OCC)OC)OCC. The minimum atomic E-state index is -3.60. The van der Waals surface area contributed by atoms with Gasteiger partial charge in [-0.25, -0.2) is 0 Å². The van der Waals surface area contributed by atoms with E-state index in [1.54, 1.807) is 27.7 Å². The smallest absolute Gasteiger partial charge is 0.331 e. The lowest BCUT2D eigenvalue weighted by Crippen LogP contribution is -2.07. The van der Waals surface area contributed by atoms with Crippen molar-refractivity contribution in [2.45, 2.75) is 27.7 Å². The lowest BCUT2D eigenvalue weighted by molar-refractivity contribution is 0.221. The van der Waals surface area contributed by atoms with Gasteiger partial charge in [-0.2, -0.15) is 0 Å². The first kappa shape index (κ1) is 22.5. The molecule has 0 spiro atoms. The molecule has 0 heterocycles. The summed E-state index contributed by atoms with van der Waals surface area (Å²) in [5.74, 6) is -0.940. The van der Waals surface area contributed by atoms with Crippen molar-refractivity contribution in [3.63, 3.8) is 0 Å². The summed E-state index contributed by atoms with van der Waals surface area (Å²) in [5.41, 5.74) is 0. The minimum Gasteiger partial charge on any atom is -0.331 e. The van der Waals surface area contributed by atoms with Crippen molar-refractivity contribution in [3.8, 4) is 0 Å². The van der Waals surface area contributed by atoms with E-state index >= 15 is 0 Å². The molecule has 0 bridgehead atoms. The highest BCUT2D eigenvalue weighted by Crippen LogP contribution is 2.69. The lowest BCUT2D eigenvalue weighted by atomic mass is 10.9. The Morgan fingerprint density at radius 3 is 1.09 bits per heavy atom. The average Bonchev–Trinajstić information content (AvgIpc) is 2.38. The Balaban J connectivity index is 5.28. The minimum absolute atomic E-state index is 0.134. The van der Waals surface area contributed by atoms with Gasteiger partial charge in [-0.15, -0.1) is 0 Å². The van der Waals surface area contributed by atoms with Crippen molar-refractivity contribution >= 4 is 22.6 Å². The second-order valence-electron chi connectivity index (χ2n) is 4.17. The number of hydrogen-bond donors (Lipinski definition) is 0. The van der Waals surface area contributed by atoms with Crippen LogP contribution in [-0.2, 0) is 36.3 Å². The molecule has 0 aromatic heterocycles. The predicted molar refractivity (Wildman–Crippen MR) is 86.1 cm³/mol. The summed E-state index contributed by atoms with van der Waals surface area (Å²) >= 11 is 0. The monoisotopic (exact) mass is 380 g/mol. The maximum Gasteiger partial charge on any atom is 0.340 e. The van der Waals surface area contributed by atoms with Crippen LogP contribution in [0.25, 0.3) is 0 Å². The summed E-state index contributed by atoms with van der Waals surface area (Å²) in [4.78, 5) is 0. The van der Waals surface area contributed by atoms with E-state index in [9.17, 15) is 13.7 Å². The van der Waals surface area contributed by atoms with Crippen molar-refractivity contribution in [2.75, 3.05) is 45.3 Å². The van der Waals surface area contributed by atoms with E-state index in [0.29, 0.717) is 0 Å². The number of rotatable bonds is 13. The molecule has 0 atom stereocenters. The summed E-state index contributed by atoms with van der Waals surface area (Å²) < 4.78 is 63.3. The normalized spacial score (nSPS) is 13.5. The molecule has 0 saturated heterocycles. The molecule has 0 fully saturated rings. The molecule has 0 aromatic rings. The lowest BCUT2D eigenvalue weighted by Gasteiger charge is -2.25. The Hall–Kier alpha value is 0.490. The van der Waals surface area contributed by atoms with E-state index in [2.05, 4.69) is 0 Å². The molecule has 0 N–H and O–H groups in total. The quantitative estimate of drug-likeness (QED) is 0.435. The fourth-order valence-electron chi connectivity index (χ4n) is 1.71. The molecule has 8 nitrogen and oxygen atoms in total. The topological polar surface area (TPSA) is 97.4 Å². The average molecular weight is 380 g/mol. The predicted octanol–water partition coefficient (Wildman–Crippen LogP) is 4.36. The van der Waals surface area contributed by atoms with Gasteiger partial charge in [-0.3, -0.25) is 13.7 Å². The molecular formula is C11H27O8P3. The van der Waals surface area contributed by atoms with E-state index in [1.165, 1.54) is 7.11 Å². The Morgan fingerprint density at radius 1 is 0.636 bits per heavy atom. The highest BCUT2D eigenvalue weighted by Gasteiger charge is 2.43. The van der Waals surface area contributed by atoms with E-state index in [0.717, 1.165) is 0 Å². The van der Waals surface area contributed by atoms with Crippen LogP contribution in [0.2, 0.25) is 0 Å². The standard InChI is InChI=1S/C11H27O8P3/c1-6-16-21(13,17-7-2)10-20(12,15-5)11-22(14,18-8-3)19-9-4/h6-11H2,1-5H3. The zero-order valence-electron chi connectivity index (χ0n) is 13.9. The second kappa shape index (κ2) is 10.4. The third-order valence-corrected chi connectivity index (χ3v) is 11.9. The van der Waals surface area contributed by atoms with Gasteiger partial charge in [-0.05, 0) is 27.7 Å².